The van der Waals surface area contributed by atoms with Crippen LogP contribution in [0.2, 0.25) is 0 Å². The highest BCUT2D eigenvalue weighted by Gasteiger charge is 2.09. The van der Waals surface area contributed by atoms with E-state index < -0.39 is 5.82 Å². The Kier molecular flexibility index (Phi) is 4.48. The maximum absolute atomic E-state index is 13.7. The molecular formula is C16H16FNO2. The van der Waals surface area contributed by atoms with Gasteiger partial charge >= 0.3 is 0 Å². The van der Waals surface area contributed by atoms with Crippen LogP contribution in [0.5, 0.6) is 0 Å². The van der Waals surface area contributed by atoms with Crippen LogP contribution in [0.25, 0.3) is 0 Å². The molecule has 0 aliphatic rings. The van der Waals surface area contributed by atoms with E-state index in [9.17, 15) is 9.18 Å². The van der Waals surface area contributed by atoms with Crippen molar-refractivity contribution in [2.45, 2.75) is 13.5 Å². The molecule has 4 heteroatoms. The summed E-state index contributed by atoms with van der Waals surface area (Å²) in [4.78, 5) is 12.1. The lowest BCUT2D eigenvalue weighted by molar-refractivity contribution is 0.102. The van der Waals surface area contributed by atoms with Gasteiger partial charge in [0.25, 0.3) is 5.91 Å². The molecule has 0 fully saturated rings. The van der Waals surface area contributed by atoms with Gasteiger partial charge in [-0.1, -0.05) is 18.2 Å². The molecular weight excluding hydrogens is 257 g/mol. The highest BCUT2D eigenvalue weighted by Crippen LogP contribution is 2.17. The summed E-state index contributed by atoms with van der Waals surface area (Å²) in [6.45, 7) is 2.23. The molecule has 0 spiro atoms. The predicted molar refractivity (Wildman–Crippen MR) is 76.2 cm³/mol. The van der Waals surface area contributed by atoms with Crippen molar-refractivity contribution in [2.24, 2.45) is 0 Å². The number of anilines is 1. The number of hydrogen-bond acceptors (Lipinski definition) is 2. The molecule has 104 valence electrons. The summed E-state index contributed by atoms with van der Waals surface area (Å²) in [7, 11) is 1.59. The molecule has 0 saturated carbocycles. The molecule has 0 heterocycles. The maximum Gasteiger partial charge on any atom is 0.255 e. The van der Waals surface area contributed by atoms with Crippen LogP contribution in [0.1, 0.15) is 21.5 Å². The van der Waals surface area contributed by atoms with E-state index in [2.05, 4.69) is 5.32 Å². The van der Waals surface area contributed by atoms with Crippen LogP contribution in [-0.2, 0) is 11.3 Å². The minimum Gasteiger partial charge on any atom is -0.380 e. The lowest BCUT2D eigenvalue weighted by Gasteiger charge is -2.08. The van der Waals surface area contributed by atoms with Gasteiger partial charge in [-0.15, -0.1) is 0 Å². The Morgan fingerprint density at radius 1 is 1.25 bits per heavy atom. The number of amides is 1. The van der Waals surface area contributed by atoms with Gasteiger partial charge in [-0.2, -0.15) is 0 Å². The number of methoxy groups -OCH3 is 1. The topological polar surface area (TPSA) is 38.3 Å². The van der Waals surface area contributed by atoms with Crippen molar-refractivity contribution in [3.63, 3.8) is 0 Å². The van der Waals surface area contributed by atoms with Gasteiger partial charge in [0.15, 0.2) is 0 Å². The number of nitrogens with one attached hydrogen (secondary N) is 1. The molecule has 3 nitrogen and oxygen atoms in total. The van der Waals surface area contributed by atoms with Gasteiger partial charge in [0.2, 0.25) is 0 Å². The van der Waals surface area contributed by atoms with E-state index in [0.29, 0.717) is 12.2 Å². The predicted octanol–water partition coefficient (Wildman–Crippen LogP) is 3.53. The second kappa shape index (κ2) is 6.30. The second-order valence-corrected chi connectivity index (χ2v) is 4.57. The molecule has 2 rings (SSSR count). The summed E-state index contributed by atoms with van der Waals surface area (Å²) in [5.74, 6) is -0.780. The maximum atomic E-state index is 13.7. The fraction of sp³-hybridized carbons (Fsp3) is 0.188. The zero-order valence-electron chi connectivity index (χ0n) is 11.4. The number of ether oxygens (including phenoxy) is 1. The zero-order valence-corrected chi connectivity index (χ0v) is 11.4. The van der Waals surface area contributed by atoms with E-state index >= 15 is 0 Å². The number of hydrogen-bond donors (Lipinski definition) is 1. The van der Waals surface area contributed by atoms with Crippen LogP contribution in [0.15, 0.2) is 42.5 Å². The van der Waals surface area contributed by atoms with Crippen LogP contribution in [0, 0.1) is 12.7 Å². The third kappa shape index (κ3) is 3.42. The standard InChI is InChI=1S/C16H16FNO2/c1-11-6-7-15(14(17)8-11)18-16(19)13-5-3-4-12(9-13)10-20-2/h3-9H,10H2,1-2H3,(H,18,19). The van der Waals surface area contributed by atoms with Crippen LogP contribution >= 0.6 is 0 Å². The van der Waals surface area contributed by atoms with Gasteiger partial charge in [0, 0.05) is 12.7 Å². The molecule has 1 N–H and O–H groups in total. The van der Waals surface area contributed by atoms with Gasteiger partial charge in [0.05, 0.1) is 12.3 Å². The van der Waals surface area contributed by atoms with E-state index in [1.54, 1.807) is 44.4 Å². The van der Waals surface area contributed by atoms with Crippen molar-refractivity contribution in [1.82, 2.24) is 0 Å². The number of rotatable bonds is 4. The van der Waals surface area contributed by atoms with Crippen LogP contribution in [-0.4, -0.2) is 13.0 Å². The van der Waals surface area contributed by atoms with Crippen LogP contribution in [0.4, 0.5) is 10.1 Å². The molecule has 0 bridgehead atoms. The first-order valence-corrected chi connectivity index (χ1v) is 6.25. The summed E-state index contributed by atoms with van der Waals surface area (Å²) < 4.78 is 18.7. The minimum absolute atomic E-state index is 0.178. The van der Waals surface area contributed by atoms with E-state index in [0.717, 1.165) is 11.1 Å². The Balaban J connectivity index is 2.17. The summed E-state index contributed by atoms with van der Waals surface area (Å²) in [6.07, 6.45) is 0. The van der Waals surface area contributed by atoms with E-state index in [-0.39, 0.29) is 11.6 Å². The van der Waals surface area contributed by atoms with Crippen LogP contribution in [0.3, 0.4) is 0 Å². The van der Waals surface area contributed by atoms with E-state index in [1.165, 1.54) is 6.07 Å². The van der Waals surface area contributed by atoms with Crippen LogP contribution < -0.4 is 5.32 Å². The molecule has 0 aliphatic carbocycles. The number of benzene rings is 2. The summed E-state index contributed by atoms with van der Waals surface area (Å²) >= 11 is 0. The lowest BCUT2D eigenvalue weighted by atomic mass is 10.1. The zero-order chi connectivity index (χ0) is 14.5. The Labute approximate surface area is 117 Å². The van der Waals surface area contributed by atoms with Crippen molar-refractivity contribution < 1.29 is 13.9 Å². The first-order chi connectivity index (χ1) is 9.60. The number of aryl methyl sites for hydroxylation is 1. The highest BCUT2D eigenvalue weighted by atomic mass is 19.1. The third-order valence-corrected chi connectivity index (χ3v) is 2.87. The second-order valence-electron chi connectivity index (χ2n) is 4.57. The first-order valence-electron chi connectivity index (χ1n) is 6.25. The third-order valence-electron chi connectivity index (χ3n) is 2.87. The molecule has 1 amide bonds. The van der Waals surface area contributed by atoms with Crippen molar-refractivity contribution in [1.29, 1.82) is 0 Å². The Morgan fingerprint density at radius 2 is 2.05 bits per heavy atom. The fourth-order valence-electron chi connectivity index (χ4n) is 1.89. The van der Waals surface area contributed by atoms with Crippen molar-refractivity contribution in [2.75, 3.05) is 12.4 Å². The summed E-state index contributed by atoms with van der Waals surface area (Å²) in [5.41, 5.74) is 2.35. The van der Waals surface area contributed by atoms with Gasteiger partial charge in [-0.3, -0.25) is 4.79 Å². The first kappa shape index (κ1) is 14.2. The Hall–Kier alpha value is -2.20. The van der Waals surface area contributed by atoms with Gasteiger partial charge < -0.3 is 10.1 Å². The van der Waals surface area contributed by atoms with Gasteiger partial charge in [-0.05, 0) is 42.3 Å². The molecule has 0 aliphatic heterocycles. The fourth-order valence-corrected chi connectivity index (χ4v) is 1.89. The Bertz CT molecular complexity index is 626. The normalized spacial score (nSPS) is 10.3. The Morgan fingerprint density at radius 3 is 2.75 bits per heavy atom. The SMILES string of the molecule is COCc1cccc(C(=O)Nc2ccc(C)cc2F)c1. The number of carbonyl (C=O) groups excluding carboxylic acids is 1. The number of halogens is 1. The average molecular weight is 273 g/mol. The summed E-state index contributed by atoms with van der Waals surface area (Å²) in [5, 5.41) is 2.57. The van der Waals surface area contributed by atoms with Gasteiger partial charge in [-0.25, -0.2) is 4.39 Å². The summed E-state index contributed by atoms with van der Waals surface area (Å²) in [6, 6.07) is 11.7. The van der Waals surface area contributed by atoms with Crippen molar-refractivity contribution >= 4 is 11.6 Å². The molecule has 2 aromatic carbocycles. The molecule has 0 atom stereocenters. The molecule has 0 aromatic heterocycles. The smallest absolute Gasteiger partial charge is 0.255 e. The molecule has 2 aromatic rings. The number of carbonyl (C=O) groups is 1. The minimum atomic E-state index is -0.439. The van der Waals surface area contributed by atoms with Crippen molar-refractivity contribution in [3.05, 3.63) is 65.0 Å². The molecule has 20 heavy (non-hydrogen) atoms. The average Bonchev–Trinajstić information content (AvgIpc) is 2.42. The van der Waals surface area contributed by atoms with Crippen molar-refractivity contribution in [3.8, 4) is 0 Å². The molecule has 0 radical (unpaired) electrons. The molecule has 0 saturated heterocycles. The quantitative estimate of drug-likeness (QED) is 0.925. The monoisotopic (exact) mass is 273 g/mol. The van der Waals surface area contributed by atoms with Gasteiger partial charge in [0.1, 0.15) is 5.82 Å². The van der Waals surface area contributed by atoms with E-state index in [4.69, 9.17) is 4.74 Å². The van der Waals surface area contributed by atoms with E-state index in [1.807, 2.05) is 6.07 Å². The molecule has 0 unspecified atom stereocenters. The largest absolute Gasteiger partial charge is 0.380 e. The lowest BCUT2D eigenvalue weighted by Crippen LogP contribution is -2.13. The highest BCUT2D eigenvalue weighted by molar-refractivity contribution is 6.04.